The molecule has 0 amide bonds. The van der Waals surface area contributed by atoms with E-state index in [0.29, 0.717) is 23.4 Å². The summed E-state index contributed by atoms with van der Waals surface area (Å²) in [5, 5.41) is 0. The van der Waals surface area contributed by atoms with Gasteiger partial charge in [0.05, 0.1) is 17.0 Å². The standard InChI is InChI=1S/C12H17BrN2O3S/c1-12(5-2-6-18-8-12)15-19(16,17)9-3-4-10(13)11(14)7-9/h3-4,7,15H,2,5-6,8,14H2,1H3. The summed E-state index contributed by atoms with van der Waals surface area (Å²) in [6.45, 7) is 2.92. The van der Waals surface area contributed by atoms with Crippen molar-refractivity contribution in [3.05, 3.63) is 22.7 Å². The molecule has 0 saturated carbocycles. The van der Waals surface area contributed by atoms with Gasteiger partial charge in [0.2, 0.25) is 10.0 Å². The second-order valence-corrected chi connectivity index (χ2v) is 7.54. The zero-order valence-electron chi connectivity index (χ0n) is 10.6. The van der Waals surface area contributed by atoms with Crippen LogP contribution >= 0.6 is 15.9 Å². The van der Waals surface area contributed by atoms with Gasteiger partial charge >= 0.3 is 0 Å². The highest BCUT2D eigenvalue weighted by molar-refractivity contribution is 9.10. The van der Waals surface area contributed by atoms with Crippen molar-refractivity contribution in [2.45, 2.75) is 30.2 Å². The van der Waals surface area contributed by atoms with Crippen LogP contribution in [0, 0.1) is 0 Å². The first-order valence-electron chi connectivity index (χ1n) is 5.99. The van der Waals surface area contributed by atoms with Gasteiger partial charge in [-0.2, -0.15) is 0 Å². The summed E-state index contributed by atoms with van der Waals surface area (Å²) in [6.07, 6.45) is 1.61. The summed E-state index contributed by atoms with van der Waals surface area (Å²) in [7, 11) is -3.59. The van der Waals surface area contributed by atoms with Gasteiger partial charge in [0.15, 0.2) is 0 Å². The summed E-state index contributed by atoms with van der Waals surface area (Å²) in [5.41, 5.74) is 5.56. The van der Waals surface area contributed by atoms with E-state index < -0.39 is 15.6 Å². The van der Waals surface area contributed by atoms with Crippen molar-refractivity contribution in [2.24, 2.45) is 0 Å². The first kappa shape index (κ1) is 14.8. The topological polar surface area (TPSA) is 81.4 Å². The van der Waals surface area contributed by atoms with Crippen LogP contribution in [0.4, 0.5) is 5.69 Å². The number of hydrogen-bond donors (Lipinski definition) is 2. The predicted octanol–water partition coefficient (Wildman–Crippen LogP) is 1.88. The van der Waals surface area contributed by atoms with Crippen LogP contribution in [0.15, 0.2) is 27.6 Å². The fourth-order valence-electron chi connectivity index (χ4n) is 2.09. The normalized spacial score (nSPS) is 24.3. The Kier molecular flexibility index (Phi) is 4.20. The Morgan fingerprint density at radius 3 is 2.79 bits per heavy atom. The molecule has 1 saturated heterocycles. The molecule has 7 heteroatoms. The van der Waals surface area contributed by atoms with Gasteiger partial charge < -0.3 is 10.5 Å². The smallest absolute Gasteiger partial charge is 0.241 e. The molecule has 1 fully saturated rings. The van der Waals surface area contributed by atoms with E-state index in [9.17, 15) is 8.42 Å². The number of ether oxygens (including phenoxy) is 1. The fourth-order valence-corrected chi connectivity index (χ4v) is 3.79. The highest BCUT2D eigenvalue weighted by Crippen LogP contribution is 2.25. The highest BCUT2D eigenvalue weighted by Gasteiger charge is 2.33. The van der Waals surface area contributed by atoms with Crippen molar-refractivity contribution in [1.82, 2.24) is 4.72 Å². The third-order valence-corrected chi connectivity index (χ3v) is 5.45. The fraction of sp³-hybridized carbons (Fsp3) is 0.500. The first-order chi connectivity index (χ1) is 8.82. The van der Waals surface area contributed by atoms with E-state index in [1.165, 1.54) is 12.1 Å². The third-order valence-electron chi connectivity index (χ3n) is 3.10. The summed E-state index contributed by atoms with van der Waals surface area (Å²) in [4.78, 5) is 0.167. The summed E-state index contributed by atoms with van der Waals surface area (Å²) >= 11 is 3.24. The maximum Gasteiger partial charge on any atom is 0.241 e. The Balaban J connectivity index is 2.24. The Morgan fingerprint density at radius 2 is 2.21 bits per heavy atom. The lowest BCUT2D eigenvalue weighted by molar-refractivity contribution is 0.0386. The molecular weight excluding hydrogens is 332 g/mol. The Morgan fingerprint density at radius 1 is 1.47 bits per heavy atom. The third kappa shape index (κ3) is 3.47. The molecule has 3 N–H and O–H groups in total. The van der Waals surface area contributed by atoms with Gasteiger partial charge in [0.1, 0.15) is 0 Å². The number of benzene rings is 1. The van der Waals surface area contributed by atoms with Crippen molar-refractivity contribution in [2.75, 3.05) is 18.9 Å². The van der Waals surface area contributed by atoms with E-state index in [1.54, 1.807) is 6.07 Å². The van der Waals surface area contributed by atoms with E-state index in [1.807, 2.05) is 6.92 Å². The van der Waals surface area contributed by atoms with Crippen LogP contribution in [0.1, 0.15) is 19.8 Å². The van der Waals surface area contributed by atoms with E-state index in [4.69, 9.17) is 10.5 Å². The maximum atomic E-state index is 12.3. The van der Waals surface area contributed by atoms with Gasteiger partial charge in [-0.05, 0) is 53.9 Å². The molecule has 5 nitrogen and oxygen atoms in total. The molecule has 1 aliphatic rings. The average Bonchev–Trinajstić information content (AvgIpc) is 2.32. The number of halogens is 1. The molecule has 19 heavy (non-hydrogen) atoms. The molecule has 106 valence electrons. The van der Waals surface area contributed by atoms with Crippen molar-refractivity contribution in [3.8, 4) is 0 Å². The first-order valence-corrected chi connectivity index (χ1v) is 8.27. The van der Waals surface area contributed by atoms with Gasteiger partial charge in [-0.1, -0.05) is 0 Å². The molecule has 1 aromatic rings. The van der Waals surface area contributed by atoms with Crippen LogP contribution in [0.25, 0.3) is 0 Å². The van der Waals surface area contributed by atoms with Crippen LogP contribution in [-0.2, 0) is 14.8 Å². The number of hydrogen-bond acceptors (Lipinski definition) is 4. The van der Waals surface area contributed by atoms with Crippen LogP contribution in [0.2, 0.25) is 0 Å². The number of nitrogen functional groups attached to an aromatic ring is 1. The minimum absolute atomic E-state index is 0.167. The number of rotatable bonds is 3. The van der Waals surface area contributed by atoms with Crippen molar-refractivity contribution in [1.29, 1.82) is 0 Å². The highest BCUT2D eigenvalue weighted by atomic mass is 79.9. The van der Waals surface area contributed by atoms with Crippen LogP contribution < -0.4 is 10.5 Å². The number of anilines is 1. The lowest BCUT2D eigenvalue weighted by Gasteiger charge is -2.33. The van der Waals surface area contributed by atoms with E-state index in [0.717, 1.165) is 12.8 Å². The van der Waals surface area contributed by atoms with Gasteiger partial charge in [-0.25, -0.2) is 13.1 Å². The zero-order chi connectivity index (χ0) is 14.1. The Hall–Kier alpha value is -0.630. The molecule has 1 unspecified atom stereocenters. The number of sulfonamides is 1. The molecule has 0 radical (unpaired) electrons. The second kappa shape index (κ2) is 5.40. The zero-order valence-corrected chi connectivity index (χ0v) is 13.1. The van der Waals surface area contributed by atoms with Crippen LogP contribution in [0.3, 0.4) is 0 Å². The average molecular weight is 349 g/mol. The van der Waals surface area contributed by atoms with Crippen LogP contribution in [-0.4, -0.2) is 27.2 Å². The monoisotopic (exact) mass is 348 g/mol. The van der Waals surface area contributed by atoms with Crippen LogP contribution in [0.5, 0.6) is 0 Å². The van der Waals surface area contributed by atoms with Gasteiger partial charge in [0, 0.05) is 16.8 Å². The minimum atomic E-state index is -3.59. The summed E-state index contributed by atoms with van der Waals surface area (Å²) in [6, 6.07) is 4.60. The quantitative estimate of drug-likeness (QED) is 0.817. The van der Waals surface area contributed by atoms with Gasteiger partial charge in [-0.3, -0.25) is 0 Å². The maximum absolute atomic E-state index is 12.3. The van der Waals surface area contributed by atoms with Crippen molar-refractivity contribution in [3.63, 3.8) is 0 Å². The summed E-state index contributed by atoms with van der Waals surface area (Å²) < 4.78 is 33.4. The molecule has 0 spiro atoms. The number of nitrogens with one attached hydrogen (secondary N) is 1. The van der Waals surface area contributed by atoms with E-state index >= 15 is 0 Å². The van der Waals surface area contributed by atoms with Crippen molar-refractivity contribution < 1.29 is 13.2 Å². The Bertz CT molecular complexity index is 568. The second-order valence-electron chi connectivity index (χ2n) is 5.01. The van der Waals surface area contributed by atoms with Gasteiger partial charge in [0.25, 0.3) is 0 Å². The molecule has 0 aromatic heterocycles. The largest absolute Gasteiger partial charge is 0.398 e. The molecular formula is C12H17BrN2O3S. The lowest BCUT2D eigenvalue weighted by atomic mass is 9.97. The van der Waals surface area contributed by atoms with E-state index in [2.05, 4.69) is 20.7 Å². The molecule has 0 bridgehead atoms. The minimum Gasteiger partial charge on any atom is -0.398 e. The lowest BCUT2D eigenvalue weighted by Crippen LogP contribution is -2.51. The Labute approximate surface area is 121 Å². The summed E-state index contributed by atoms with van der Waals surface area (Å²) in [5.74, 6) is 0. The molecule has 1 aromatic carbocycles. The number of nitrogens with two attached hydrogens (primary N) is 1. The van der Waals surface area contributed by atoms with Gasteiger partial charge in [-0.15, -0.1) is 0 Å². The SMILES string of the molecule is CC1(NS(=O)(=O)c2ccc(Br)c(N)c2)CCCOC1. The molecule has 1 atom stereocenters. The molecule has 1 heterocycles. The predicted molar refractivity (Wildman–Crippen MR) is 77.3 cm³/mol. The molecule has 2 rings (SSSR count). The van der Waals surface area contributed by atoms with Crippen molar-refractivity contribution >= 4 is 31.6 Å². The van der Waals surface area contributed by atoms with E-state index in [-0.39, 0.29) is 4.90 Å². The molecule has 0 aliphatic carbocycles. The molecule has 1 aliphatic heterocycles.